The van der Waals surface area contributed by atoms with Crippen molar-refractivity contribution in [2.75, 3.05) is 11.9 Å². The van der Waals surface area contributed by atoms with Crippen molar-refractivity contribution in [3.05, 3.63) is 41.1 Å². The Morgan fingerprint density at radius 2 is 1.88 bits per heavy atom. The van der Waals surface area contributed by atoms with Gasteiger partial charge in [0.05, 0.1) is 6.54 Å². The molecular weight excluding hydrogens is 332 g/mol. The molecule has 1 saturated carbocycles. The lowest BCUT2D eigenvalue weighted by Gasteiger charge is -2.20. The van der Waals surface area contributed by atoms with Gasteiger partial charge in [0.15, 0.2) is 0 Å². The van der Waals surface area contributed by atoms with Gasteiger partial charge in [0, 0.05) is 12.1 Å². The van der Waals surface area contributed by atoms with Crippen molar-refractivity contribution in [1.29, 1.82) is 0 Å². The SMILES string of the molecule is O=C(CC1CCCCC1)NCC(=O)Nc1cccc(-c2ccsc2)c1. The van der Waals surface area contributed by atoms with Crippen molar-refractivity contribution in [2.24, 2.45) is 5.92 Å². The zero-order valence-electron chi connectivity index (χ0n) is 14.3. The van der Waals surface area contributed by atoms with Crippen molar-refractivity contribution in [1.82, 2.24) is 5.32 Å². The Bertz CT molecular complexity index is 706. The van der Waals surface area contributed by atoms with Crippen LogP contribution in [0.25, 0.3) is 11.1 Å². The van der Waals surface area contributed by atoms with Crippen LogP contribution in [-0.4, -0.2) is 18.4 Å². The summed E-state index contributed by atoms with van der Waals surface area (Å²) in [6, 6.07) is 9.80. The molecule has 1 heterocycles. The number of hydrogen-bond acceptors (Lipinski definition) is 3. The second kappa shape index (κ2) is 8.81. The Morgan fingerprint density at radius 1 is 1.04 bits per heavy atom. The smallest absolute Gasteiger partial charge is 0.243 e. The number of thiophene rings is 1. The third-order valence-corrected chi connectivity index (χ3v) is 5.33. The van der Waals surface area contributed by atoms with Crippen molar-refractivity contribution in [3.8, 4) is 11.1 Å². The topological polar surface area (TPSA) is 58.2 Å². The summed E-state index contributed by atoms with van der Waals surface area (Å²) in [5.74, 6) is 0.271. The van der Waals surface area contributed by atoms with Crippen molar-refractivity contribution in [2.45, 2.75) is 38.5 Å². The molecule has 2 amide bonds. The van der Waals surface area contributed by atoms with Crippen LogP contribution in [-0.2, 0) is 9.59 Å². The molecular formula is C20H24N2O2S. The van der Waals surface area contributed by atoms with Gasteiger partial charge >= 0.3 is 0 Å². The lowest BCUT2D eigenvalue weighted by atomic mass is 9.87. The van der Waals surface area contributed by atoms with E-state index >= 15 is 0 Å². The molecule has 0 bridgehead atoms. The lowest BCUT2D eigenvalue weighted by molar-refractivity contribution is -0.125. The molecule has 0 unspecified atom stereocenters. The minimum absolute atomic E-state index is 0.0194. The van der Waals surface area contributed by atoms with E-state index in [0.29, 0.717) is 12.3 Å². The third kappa shape index (κ3) is 5.43. The summed E-state index contributed by atoms with van der Waals surface area (Å²) in [6.45, 7) is 0.0221. The van der Waals surface area contributed by atoms with Gasteiger partial charge in [0.2, 0.25) is 11.8 Å². The molecule has 25 heavy (non-hydrogen) atoms. The molecule has 1 aromatic heterocycles. The predicted octanol–water partition coefficient (Wildman–Crippen LogP) is 4.44. The standard InChI is InChI=1S/C20H24N2O2S/c23-19(11-15-5-2-1-3-6-15)21-13-20(24)22-18-8-4-7-16(12-18)17-9-10-25-14-17/h4,7-10,12,14-15H,1-3,5-6,11,13H2,(H,21,23)(H,22,24). The van der Waals surface area contributed by atoms with E-state index < -0.39 is 0 Å². The van der Waals surface area contributed by atoms with E-state index in [9.17, 15) is 9.59 Å². The van der Waals surface area contributed by atoms with E-state index in [-0.39, 0.29) is 18.4 Å². The summed E-state index contributed by atoms with van der Waals surface area (Å²) in [6.07, 6.45) is 6.54. The molecule has 5 heteroatoms. The van der Waals surface area contributed by atoms with Crippen molar-refractivity contribution >= 4 is 28.8 Å². The molecule has 4 nitrogen and oxygen atoms in total. The molecule has 1 aliphatic carbocycles. The number of hydrogen-bond donors (Lipinski definition) is 2. The highest BCUT2D eigenvalue weighted by molar-refractivity contribution is 7.08. The largest absolute Gasteiger partial charge is 0.347 e. The molecule has 0 saturated heterocycles. The van der Waals surface area contributed by atoms with Crippen LogP contribution in [0.5, 0.6) is 0 Å². The number of carbonyl (C=O) groups is 2. The van der Waals surface area contributed by atoms with Gasteiger partial charge < -0.3 is 10.6 Å². The van der Waals surface area contributed by atoms with E-state index in [2.05, 4.69) is 22.1 Å². The van der Waals surface area contributed by atoms with Gasteiger partial charge in [-0.15, -0.1) is 0 Å². The highest BCUT2D eigenvalue weighted by Crippen LogP contribution is 2.26. The van der Waals surface area contributed by atoms with Crippen LogP contribution in [0.4, 0.5) is 5.69 Å². The third-order valence-electron chi connectivity index (χ3n) is 4.65. The average Bonchev–Trinajstić information content (AvgIpc) is 3.16. The molecule has 0 spiro atoms. The molecule has 0 radical (unpaired) electrons. The fourth-order valence-electron chi connectivity index (χ4n) is 3.31. The van der Waals surface area contributed by atoms with Crippen LogP contribution < -0.4 is 10.6 Å². The van der Waals surface area contributed by atoms with Crippen LogP contribution in [0.2, 0.25) is 0 Å². The van der Waals surface area contributed by atoms with E-state index in [4.69, 9.17) is 0 Å². The summed E-state index contributed by atoms with van der Waals surface area (Å²) in [7, 11) is 0. The molecule has 1 fully saturated rings. The number of carbonyl (C=O) groups excluding carboxylic acids is 2. The van der Waals surface area contributed by atoms with Gasteiger partial charge in [-0.1, -0.05) is 31.4 Å². The minimum atomic E-state index is -0.195. The Labute approximate surface area is 152 Å². The van der Waals surface area contributed by atoms with E-state index in [1.807, 2.05) is 29.6 Å². The number of benzene rings is 1. The van der Waals surface area contributed by atoms with Crippen LogP contribution >= 0.6 is 11.3 Å². The van der Waals surface area contributed by atoms with Gasteiger partial charge in [-0.2, -0.15) is 11.3 Å². The first-order valence-corrected chi connectivity index (χ1v) is 9.84. The zero-order chi connectivity index (χ0) is 17.5. The van der Waals surface area contributed by atoms with Gasteiger partial charge in [0.1, 0.15) is 0 Å². The first-order valence-electron chi connectivity index (χ1n) is 8.90. The number of anilines is 1. The molecule has 132 valence electrons. The second-order valence-electron chi connectivity index (χ2n) is 6.63. The summed E-state index contributed by atoms with van der Waals surface area (Å²) in [4.78, 5) is 24.1. The van der Waals surface area contributed by atoms with E-state index in [0.717, 1.165) is 29.7 Å². The fraction of sp³-hybridized carbons (Fsp3) is 0.400. The lowest BCUT2D eigenvalue weighted by Crippen LogP contribution is -2.34. The number of amides is 2. The second-order valence-corrected chi connectivity index (χ2v) is 7.41. The van der Waals surface area contributed by atoms with Gasteiger partial charge in [-0.3, -0.25) is 9.59 Å². The van der Waals surface area contributed by atoms with Crippen molar-refractivity contribution in [3.63, 3.8) is 0 Å². The van der Waals surface area contributed by atoms with Crippen LogP contribution in [0.3, 0.4) is 0 Å². The highest BCUT2D eigenvalue weighted by atomic mass is 32.1. The fourth-order valence-corrected chi connectivity index (χ4v) is 3.98. The number of rotatable bonds is 6. The molecule has 2 aromatic rings. The van der Waals surface area contributed by atoms with Gasteiger partial charge in [-0.05, 0) is 58.8 Å². The first-order chi connectivity index (χ1) is 12.2. The van der Waals surface area contributed by atoms with Crippen molar-refractivity contribution < 1.29 is 9.59 Å². The van der Waals surface area contributed by atoms with E-state index in [1.165, 1.54) is 19.3 Å². The maximum Gasteiger partial charge on any atom is 0.243 e. The zero-order valence-corrected chi connectivity index (χ0v) is 15.1. The molecule has 0 aliphatic heterocycles. The predicted molar refractivity (Wildman–Crippen MR) is 103 cm³/mol. The quantitative estimate of drug-likeness (QED) is 0.804. The van der Waals surface area contributed by atoms with Crippen LogP contribution in [0.1, 0.15) is 38.5 Å². The van der Waals surface area contributed by atoms with E-state index in [1.54, 1.807) is 11.3 Å². The summed E-state index contributed by atoms with van der Waals surface area (Å²) in [5.41, 5.74) is 2.96. The minimum Gasteiger partial charge on any atom is -0.347 e. The monoisotopic (exact) mass is 356 g/mol. The number of nitrogens with one attached hydrogen (secondary N) is 2. The Morgan fingerprint density at radius 3 is 2.64 bits per heavy atom. The first kappa shape index (κ1) is 17.7. The van der Waals surface area contributed by atoms with Gasteiger partial charge in [0.25, 0.3) is 0 Å². The summed E-state index contributed by atoms with van der Waals surface area (Å²) >= 11 is 1.64. The molecule has 1 aliphatic rings. The normalized spacial score (nSPS) is 14.9. The molecule has 1 aromatic carbocycles. The maximum absolute atomic E-state index is 12.1. The Kier molecular flexibility index (Phi) is 6.23. The average molecular weight is 356 g/mol. The maximum atomic E-state index is 12.1. The van der Waals surface area contributed by atoms with Crippen LogP contribution in [0, 0.1) is 5.92 Å². The van der Waals surface area contributed by atoms with Gasteiger partial charge in [-0.25, -0.2) is 0 Å². The van der Waals surface area contributed by atoms with Crippen LogP contribution in [0.15, 0.2) is 41.1 Å². The molecule has 0 atom stereocenters. The summed E-state index contributed by atoms with van der Waals surface area (Å²) in [5, 5.41) is 9.70. The molecule has 2 N–H and O–H groups in total. The highest BCUT2D eigenvalue weighted by Gasteiger charge is 2.17. The molecule has 3 rings (SSSR count). The Hall–Kier alpha value is -2.14. The summed E-state index contributed by atoms with van der Waals surface area (Å²) < 4.78 is 0. The Balaban J connectivity index is 1.46.